The van der Waals surface area contributed by atoms with Crippen LogP contribution in [0.25, 0.3) is 0 Å². The van der Waals surface area contributed by atoms with Crippen molar-refractivity contribution < 1.29 is 9.90 Å². The van der Waals surface area contributed by atoms with Gasteiger partial charge in [0.15, 0.2) is 0 Å². The summed E-state index contributed by atoms with van der Waals surface area (Å²) in [6, 6.07) is 8.93. The summed E-state index contributed by atoms with van der Waals surface area (Å²) in [7, 11) is 0. The molecule has 0 aliphatic carbocycles. The molecule has 1 aromatic carbocycles. The number of benzene rings is 1. The second kappa shape index (κ2) is 8.26. The summed E-state index contributed by atoms with van der Waals surface area (Å²) in [5, 5.41) is 14.9. The Balaban J connectivity index is 1.96. The third kappa shape index (κ3) is 4.79. The van der Waals surface area contributed by atoms with Gasteiger partial charge in [0.2, 0.25) is 0 Å². The van der Waals surface area contributed by atoms with Crippen molar-refractivity contribution in [1.82, 2.24) is 10.3 Å². The van der Waals surface area contributed by atoms with Crippen LogP contribution in [0.2, 0.25) is 0 Å². The lowest BCUT2D eigenvalue weighted by molar-refractivity contribution is 0.224. The van der Waals surface area contributed by atoms with Crippen LogP contribution < -0.4 is 10.6 Å². The number of rotatable bonds is 5. The van der Waals surface area contributed by atoms with Crippen molar-refractivity contribution in [2.45, 2.75) is 12.5 Å². The minimum Gasteiger partial charge on any atom is -0.394 e. The first-order valence-electron chi connectivity index (χ1n) is 6.61. The number of nitrogens with one attached hydrogen (secondary N) is 2. The van der Waals surface area contributed by atoms with Gasteiger partial charge in [0.05, 0.1) is 33.5 Å². The number of carbonyl (C=O) groups is 1. The lowest BCUT2D eigenvalue weighted by atomic mass is 10.1. The number of amides is 2. The molecule has 116 valence electrons. The molecular formula is C15H15Br2N3O2. The molecule has 0 saturated heterocycles. The molecule has 0 saturated carbocycles. The summed E-state index contributed by atoms with van der Waals surface area (Å²) in [6.45, 7) is -0.139. The standard InChI is InChI=1S/C15H15Br2N3O2/c16-12-7-18-8-13(14(12)17)20-15(22)19-11(9-21)6-10-4-2-1-3-5-10/h1-5,7-8,11,21H,6,9H2,(H2,19,20,22)/t11-/m0/s1. The Morgan fingerprint density at radius 2 is 1.95 bits per heavy atom. The highest BCUT2D eigenvalue weighted by Gasteiger charge is 2.14. The van der Waals surface area contributed by atoms with E-state index >= 15 is 0 Å². The van der Waals surface area contributed by atoms with Crippen molar-refractivity contribution >= 4 is 43.6 Å². The molecule has 3 N–H and O–H groups in total. The highest BCUT2D eigenvalue weighted by molar-refractivity contribution is 9.13. The number of aliphatic hydroxyl groups is 1. The Hall–Kier alpha value is -1.44. The van der Waals surface area contributed by atoms with Crippen LogP contribution in [0.15, 0.2) is 51.7 Å². The van der Waals surface area contributed by atoms with Gasteiger partial charge in [-0.1, -0.05) is 30.3 Å². The van der Waals surface area contributed by atoms with E-state index in [9.17, 15) is 9.90 Å². The monoisotopic (exact) mass is 427 g/mol. The number of hydrogen-bond acceptors (Lipinski definition) is 3. The van der Waals surface area contributed by atoms with Crippen LogP contribution in [0.5, 0.6) is 0 Å². The van der Waals surface area contributed by atoms with Crippen LogP contribution in [0.1, 0.15) is 5.56 Å². The van der Waals surface area contributed by atoms with E-state index in [0.29, 0.717) is 16.6 Å². The molecule has 0 aliphatic rings. The Bertz CT molecular complexity index is 638. The first kappa shape index (κ1) is 16.9. The Kier molecular flexibility index (Phi) is 6.35. The van der Waals surface area contributed by atoms with E-state index in [4.69, 9.17) is 0 Å². The van der Waals surface area contributed by atoms with Gasteiger partial charge in [-0.15, -0.1) is 0 Å². The molecule has 0 spiro atoms. The summed E-state index contributed by atoms with van der Waals surface area (Å²) in [5.41, 5.74) is 1.59. The van der Waals surface area contributed by atoms with Crippen molar-refractivity contribution in [3.8, 4) is 0 Å². The molecule has 0 fully saturated rings. The van der Waals surface area contributed by atoms with Crippen LogP contribution in [-0.4, -0.2) is 28.8 Å². The third-order valence-electron chi connectivity index (χ3n) is 2.97. The molecule has 5 nitrogen and oxygen atoms in total. The number of halogens is 2. The number of hydrogen-bond donors (Lipinski definition) is 3. The highest BCUT2D eigenvalue weighted by Crippen LogP contribution is 2.29. The van der Waals surface area contributed by atoms with Gasteiger partial charge in [-0.25, -0.2) is 4.79 Å². The summed E-state index contributed by atoms with van der Waals surface area (Å²) >= 11 is 6.69. The maximum Gasteiger partial charge on any atom is 0.319 e. The van der Waals surface area contributed by atoms with E-state index in [2.05, 4.69) is 47.5 Å². The topological polar surface area (TPSA) is 74.2 Å². The summed E-state index contributed by atoms with van der Waals surface area (Å²) in [6.07, 6.45) is 3.72. The fraction of sp³-hybridized carbons (Fsp3) is 0.200. The van der Waals surface area contributed by atoms with Gasteiger partial charge in [-0.05, 0) is 43.8 Å². The van der Waals surface area contributed by atoms with Crippen molar-refractivity contribution in [2.24, 2.45) is 0 Å². The maximum absolute atomic E-state index is 12.0. The molecule has 7 heteroatoms. The van der Waals surface area contributed by atoms with Gasteiger partial charge in [0.1, 0.15) is 0 Å². The smallest absolute Gasteiger partial charge is 0.319 e. The predicted molar refractivity (Wildman–Crippen MR) is 92.8 cm³/mol. The first-order chi connectivity index (χ1) is 10.6. The number of aromatic nitrogens is 1. The molecule has 0 unspecified atom stereocenters. The van der Waals surface area contributed by atoms with E-state index in [1.54, 1.807) is 12.4 Å². The normalized spacial score (nSPS) is 11.8. The van der Waals surface area contributed by atoms with Crippen LogP contribution in [0.4, 0.5) is 10.5 Å². The van der Waals surface area contributed by atoms with Crippen molar-refractivity contribution in [3.63, 3.8) is 0 Å². The molecule has 0 aliphatic heterocycles. The van der Waals surface area contributed by atoms with Crippen LogP contribution in [0.3, 0.4) is 0 Å². The predicted octanol–water partition coefficient (Wildman–Crippen LogP) is 3.33. The van der Waals surface area contributed by atoms with E-state index in [0.717, 1.165) is 10.0 Å². The van der Waals surface area contributed by atoms with Gasteiger partial charge >= 0.3 is 6.03 Å². The summed E-state index contributed by atoms with van der Waals surface area (Å²) < 4.78 is 1.45. The molecule has 1 heterocycles. The molecule has 1 atom stereocenters. The quantitative estimate of drug-likeness (QED) is 0.683. The van der Waals surface area contributed by atoms with Crippen molar-refractivity contribution in [3.05, 3.63) is 57.2 Å². The molecular weight excluding hydrogens is 414 g/mol. The SMILES string of the molecule is O=C(Nc1cncc(Br)c1Br)N[C@H](CO)Cc1ccccc1. The average molecular weight is 429 g/mol. The molecule has 22 heavy (non-hydrogen) atoms. The largest absolute Gasteiger partial charge is 0.394 e. The van der Waals surface area contributed by atoms with Crippen LogP contribution >= 0.6 is 31.9 Å². The number of nitrogens with zero attached hydrogens (tertiary/aromatic N) is 1. The molecule has 2 rings (SSSR count). The van der Waals surface area contributed by atoms with E-state index in [-0.39, 0.29) is 12.6 Å². The number of carbonyl (C=O) groups excluding carboxylic acids is 1. The highest BCUT2D eigenvalue weighted by atomic mass is 79.9. The van der Waals surface area contributed by atoms with Crippen molar-refractivity contribution in [2.75, 3.05) is 11.9 Å². The third-order valence-corrected chi connectivity index (χ3v) is 4.95. The zero-order valence-corrected chi connectivity index (χ0v) is 14.8. The fourth-order valence-corrected chi connectivity index (χ4v) is 2.55. The molecule has 0 radical (unpaired) electrons. The van der Waals surface area contributed by atoms with Gasteiger partial charge in [-0.2, -0.15) is 0 Å². The molecule has 2 aromatic rings. The minimum absolute atomic E-state index is 0.139. The zero-order chi connectivity index (χ0) is 15.9. The summed E-state index contributed by atoms with van der Waals surface area (Å²) in [5.74, 6) is 0. The maximum atomic E-state index is 12.0. The lowest BCUT2D eigenvalue weighted by Gasteiger charge is -2.17. The van der Waals surface area contributed by atoms with Crippen molar-refractivity contribution in [1.29, 1.82) is 0 Å². The Morgan fingerprint density at radius 3 is 2.64 bits per heavy atom. The van der Waals surface area contributed by atoms with Crippen LogP contribution in [-0.2, 0) is 6.42 Å². The number of urea groups is 1. The fourth-order valence-electron chi connectivity index (χ4n) is 1.91. The number of pyridine rings is 1. The minimum atomic E-state index is -0.393. The number of aliphatic hydroxyl groups excluding tert-OH is 1. The van der Waals surface area contributed by atoms with E-state index < -0.39 is 6.03 Å². The lowest BCUT2D eigenvalue weighted by Crippen LogP contribution is -2.41. The second-order valence-corrected chi connectivity index (χ2v) is 6.30. The average Bonchev–Trinajstić information content (AvgIpc) is 2.52. The zero-order valence-electron chi connectivity index (χ0n) is 11.6. The van der Waals surface area contributed by atoms with Gasteiger partial charge < -0.3 is 15.7 Å². The number of anilines is 1. The molecule has 1 aromatic heterocycles. The second-order valence-electron chi connectivity index (χ2n) is 4.65. The Labute approximate surface area is 145 Å². The summed E-state index contributed by atoms with van der Waals surface area (Å²) in [4.78, 5) is 16.0. The molecule has 2 amide bonds. The Morgan fingerprint density at radius 1 is 1.23 bits per heavy atom. The molecule has 0 bridgehead atoms. The van der Waals surface area contributed by atoms with Gasteiger partial charge in [0.25, 0.3) is 0 Å². The van der Waals surface area contributed by atoms with Gasteiger partial charge in [-0.3, -0.25) is 4.98 Å². The first-order valence-corrected chi connectivity index (χ1v) is 8.20. The van der Waals surface area contributed by atoms with Crippen LogP contribution in [0, 0.1) is 0 Å². The van der Waals surface area contributed by atoms with Gasteiger partial charge in [0, 0.05) is 6.20 Å². The van der Waals surface area contributed by atoms with E-state index in [1.807, 2.05) is 30.3 Å². The van der Waals surface area contributed by atoms with E-state index in [1.165, 1.54) is 0 Å².